The molecule has 0 aliphatic carbocycles. The number of aromatic nitrogens is 5. The highest BCUT2D eigenvalue weighted by molar-refractivity contribution is 8.00. The highest BCUT2D eigenvalue weighted by Crippen LogP contribution is 2.33. The number of hydrogen-bond donors (Lipinski definition) is 13. The lowest BCUT2D eigenvalue weighted by molar-refractivity contribution is -0.140. The number of imidazole rings is 1. The van der Waals surface area contributed by atoms with Crippen LogP contribution in [-0.4, -0.2) is 226 Å². The van der Waals surface area contributed by atoms with Gasteiger partial charge in [-0.25, -0.2) is 9.78 Å². The van der Waals surface area contributed by atoms with Crippen molar-refractivity contribution < 1.29 is 62.5 Å². The van der Waals surface area contributed by atoms with Gasteiger partial charge < -0.3 is 88.5 Å². The Labute approximate surface area is 499 Å². The van der Waals surface area contributed by atoms with Crippen LogP contribution in [0.3, 0.4) is 0 Å². The zero-order chi connectivity index (χ0) is 60.9. The van der Waals surface area contributed by atoms with Gasteiger partial charge in [0, 0.05) is 87.7 Å². The number of nitrogens with two attached hydrogens (primary N) is 2. The maximum absolute atomic E-state index is 14.0. The normalized spacial score (nSPS) is 25.2. The van der Waals surface area contributed by atoms with Crippen molar-refractivity contribution in [2.75, 3.05) is 78.1 Å². The predicted octanol–water partition coefficient (Wildman–Crippen LogP) is -3.36. The largest absolute Gasteiger partial charge is 0.391 e. The first-order valence-electron chi connectivity index (χ1n) is 29.8. The molecule has 10 atom stereocenters. The fourth-order valence-corrected chi connectivity index (χ4v) is 11.9. The van der Waals surface area contributed by atoms with Crippen LogP contribution in [0.2, 0.25) is 0 Å². The number of nitrogens with zero attached hydrogens (tertiary/aromatic N) is 5. The molecule has 0 aromatic carbocycles. The van der Waals surface area contributed by atoms with Crippen LogP contribution >= 0.6 is 11.8 Å². The first-order chi connectivity index (χ1) is 41.1. The Morgan fingerprint density at radius 1 is 0.776 bits per heavy atom. The minimum Gasteiger partial charge on any atom is -0.391 e. The van der Waals surface area contributed by atoms with Crippen molar-refractivity contribution >= 4 is 65.1 Å². The van der Waals surface area contributed by atoms with Gasteiger partial charge in [-0.3, -0.25) is 43.0 Å². The number of unbranched alkanes of at least 4 members (excludes halogenated alkanes) is 2. The third-order valence-electron chi connectivity index (χ3n) is 15.0. The van der Waals surface area contributed by atoms with E-state index in [1.807, 2.05) is 11.8 Å². The van der Waals surface area contributed by atoms with E-state index >= 15 is 0 Å². The standard InChI is InChI=1S/C54H89N17O13S/c1-34(72)46-53(80)63-39(11-4-6-16-55)51(78)64-40(28-35-29-57-33-61-35)50(77)60-30-45(74)71-20-8-13-42(71)52(79)62-38(12-5-7-19-70-31-36(68-69-70)27-37(56)48(75)66-46)49(76)59-18-10-22-83-24-26-84-25-23-82-21-9-17-58-44(73)15-3-2-14-43-47-41(32-85-43)65-54(81)67-47/h29,31,33-34,37-43,46-47,72H,2-28,30,32,55-56H2,1H3,(H,57,61)(H,58,73)(H,59,76)(H,60,77)(H,62,79)(H,63,80)(H,64,78)(H,66,75)(H2,65,67,81)/t34-,37-,38-,39-,40-,41+,42?,43+,46-,47+/m0/s1. The smallest absolute Gasteiger partial charge is 0.315 e. The van der Waals surface area contributed by atoms with Gasteiger partial charge in [0.25, 0.3) is 0 Å². The number of aryl methyl sites for hydroxylation is 1. The number of nitrogens with one attached hydrogen (secondary N) is 10. The van der Waals surface area contributed by atoms with Crippen molar-refractivity contribution in [3.8, 4) is 0 Å². The van der Waals surface area contributed by atoms with Crippen molar-refractivity contribution in [3.63, 3.8) is 0 Å². The Bertz CT molecular complexity index is 2460. The molecule has 0 saturated carbocycles. The molecule has 3 fully saturated rings. The third-order valence-corrected chi connectivity index (χ3v) is 16.5. The lowest BCUT2D eigenvalue weighted by Crippen LogP contribution is -2.60. The van der Waals surface area contributed by atoms with Crippen LogP contribution < -0.4 is 59.3 Å². The van der Waals surface area contributed by atoms with E-state index in [1.54, 1.807) is 10.9 Å². The lowest BCUT2D eigenvalue weighted by atomic mass is 10.0. The number of aromatic amines is 1. The summed E-state index contributed by atoms with van der Waals surface area (Å²) in [6.45, 7) is 4.66. The average Bonchev–Trinajstić information content (AvgIpc) is 4.14. The van der Waals surface area contributed by atoms with Crippen molar-refractivity contribution in [1.29, 1.82) is 0 Å². The van der Waals surface area contributed by atoms with Gasteiger partial charge in [0.15, 0.2) is 0 Å². The summed E-state index contributed by atoms with van der Waals surface area (Å²) in [4.78, 5) is 129. The lowest BCUT2D eigenvalue weighted by Gasteiger charge is -2.28. The van der Waals surface area contributed by atoms with E-state index in [1.165, 1.54) is 24.3 Å². The summed E-state index contributed by atoms with van der Waals surface area (Å²) in [6, 6.07) is -6.92. The molecule has 85 heavy (non-hydrogen) atoms. The highest BCUT2D eigenvalue weighted by atomic mass is 32.2. The minimum absolute atomic E-state index is 0.0235. The number of carbonyl (C=O) groups is 9. The second-order valence-corrected chi connectivity index (χ2v) is 23.0. The first-order valence-corrected chi connectivity index (χ1v) is 30.9. The summed E-state index contributed by atoms with van der Waals surface area (Å²) in [5, 5.41) is 44.4. The molecular formula is C54H89N17O13S. The number of hydrogen-bond acceptors (Lipinski definition) is 19. The van der Waals surface area contributed by atoms with Crippen molar-refractivity contribution in [2.24, 2.45) is 11.5 Å². The number of H-pyrrole nitrogens is 1. The van der Waals surface area contributed by atoms with Crippen LogP contribution in [0.15, 0.2) is 18.7 Å². The molecule has 0 radical (unpaired) electrons. The van der Waals surface area contributed by atoms with E-state index in [0.29, 0.717) is 134 Å². The number of amides is 10. The van der Waals surface area contributed by atoms with Gasteiger partial charge in [-0.2, -0.15) is 11.8 Å². The summed E-state index contributed by atoms with van der Waals surface area (Å²) >= 11 is 1.88. The average molecular weight is 1220 g/mol. The van der Waals surface area contributed by atoms with Gasteiger partial charge in [-0.05, 0) is 90.5 Å². The van der Waals surface area contributed by atoms with Crippen LogP contribution in [0.1, 0.15) is 108 Å². The van der Waals surface area contributed by atoms with Crippen molar-refractivity contribution in [2.45, 2.75) is 176 Å². The summed E-state index contributed by atoms with van der Waals surface area (Å²) in [7, 11) is 0. The quantitative estimate of drug-likeness (QED) is 0.0307. The van der Waals surface area contributed by atoms with E-state index in [2.05, 4.69) is 68.1 Å². The Hall–Kier alpha value is -6.51. The van der Waals surface area contributed by atoms with Crippen LogP contribution in [-0.2, 0) is 72.0 Å². The van der Waals surface area contributed by atoms with E-state index in [0.717, 1.165) is 25.0 Å². The van der Waals surface area contributed by atoms with Crippen LogP contribution in [0.4, 0.5) is 4.79 Å². The number of aliphatic hydroxyl groups excluding tert-OH is 1. The Kier molecular flexibility index (Phi) is 29.0. The van der Waals surface area contributed by atoms with Gasteiger partial charge in [0.05, 0.1) is 69.2 Å². The fraction of sp³-hybridized carbons (Fsp3) is 0.741. The van der Waals surface area contributed by atoms with E-state index in [4.69, 9.17) is 25.7 Å². The van der Waals surface area contributed by atoms with E-state index < -0.39 is 90.3 Å². The predicted molar refractivity (Wildman–Crippen MR) is 310 cm³/mol. The topological polar surface area (TPSA) is 424 Å². The second-order valence-electron chi connectivity index (χ2n) is 21.8. The monoisotopic (exact) mass is 1220 g/mol. The molecule has 4 aliphatic rings. The van der Waals surface area contributed by atoms with Gasteiger partial charge >= 0.3 is 6.03 Å². The van der Waals surface area contributed by atoms with Crippen molar-refractivity contribution in [3.05, 3.63) is 30.1 Å². The Morgan fingerprint density at radius 3 is 2.24 bits per heavy atom. The maximum Gasteiger partial charge on any atom is 0.315 e. The number of fused-ring (bicyclic) bond motifs is 4. The van der Waals surface area contributed by atoms with E-state index in [9.17, 15) is 48.3 Å². The molecule has 10 amide bonds. The second kappa shape index (κ2) is 36.5. The zero-order valence-electron chi connectivity index (χ0n) is 48.7. The van der Waals surface area contributed by atoms with Gasteiger partial charge in [0.1, 0.15) is 30.2 Å². The molecule has 1 unspecified atom stereocenters. The molecule has 2 aromatic heterocycles. The molecule has 6 heterocycles. The molecule has 30 nitrogen and oxygen atoms in total. The molecule has 2 bridgehead atoms. The molecule has 2 aromatic rings. The van der Waals surface area contributed by atoms with Gasteiger partial charge in [-0.1, -0.05) is 11.6 Å². The Balaban J connectivity index is 0.952. The molecule has 15 N–H and O–H groups in total. The van der Waals surface area contributed by atoms with Gasteiger partial charge in [-0.15, -0.1) is 5.10 Å². The number of ether oxygens (including phenoxy) is 3. The number of rotatable bonds is 27. The molecule has 4 aliphatic heterocycles. The summed E-state index contributed by atoms with van der Waals surface area (Å²) in [5.41, 5.74) is 12.8. The SMILES string of the molecule is C[C@H](O)[C@@H]1NC(=O)[C@@H](N)Cc2cn(nn2)CCCC[C@@H](C(=O)NCCCOCCOCCOCCCNC(=O)CCCC[C@H]2SC[C@H]3NC(=O)N[C@H]32)NC(=O)C2CCCN2C(=O)CNC(=O)[C@H](Cc2cnc[nH]2)NC(=O)[C@H](CCCCN)NC1=O. The van der Waals surface area contributed by atoms with Crippen LogP contribution in [0.25, 0.3) is 0 Å². The zero-order valence-corrected chi connectivity index (χ0v) is 49.5. The minimum atomic E-state index is -1.53. The first kappa shape index (κ1) is 67.6. The molecule has 3 saturated heterocycles. The maximum atomic E-state index is 14.0. The van der Waals surface area contributed by atoms with Crippen LogP contribution in [0.5, 0.6) is 0 Å². The highest BCUT2D eigenvalue weighted by Gasteiger charge is 2.43. The summed E-state index contributed by atoms with van der Waals surface area (Å²) in [6.07, 6.45) is 10.2. The van der Waals surface area contributed by atoms with Crippen molar-refractivity contribution in [1.82, 2.24) is 77.7 Å². The van der Waals surface area contributed by atoms with E-state index in [-0.39, 0.29) is 62.8 Å². The Morgan fingerprint density at radius 2 is 1.51 bits per heavy atom. The number of thioether (sulfide) groups is 1. The number of urea groups is 1. The van der Waals surface area contributed by atoms with Gasteiger partial charge in [0.2, 0.25) is 47.3 Å². The fourth-order valence-electron chi connectivity index (χ4n) is 10.3. The number of aliphatic hydroxyl groups is 1. The molecule has 474 valence electrons. The number of carbonyl (C=O) groups excluding carboxylic acids is 9. The molecule has 31 heteroatoms. The summed E-state index contributed by atoms with van der Waals surface area (Å²) < 4.78 is 18.5. The molecular weight excluding hydrogens is 1130 g/mol. The summed E-state index contributed by atoms with van der Waals surface area (Å²) in [5.74, 6) is -3.76. The molecule has 6 rings (SSSR count). The third kappa shape index (κ3) is 23.0. The van der Waals surface area contributed by atoms with Crippen LogP contribution in [0, 0.1) is 0 Å². The molecule has 0 spiro atoms.